The van der Waals surface area contributed by atoms with Crippen LogP contribution in [0.4, 0.5) is 0 Å². The zero-order chi connectivity index (χ0) is 7.68. The molecule has 0 aromatic heterocycles. The van der Waals surface area contributed by atoms with E-state index in [2.05, 4.69) is 0 Å². The lowest BCUT2D eigenvalue weighted by Gasteiger charge is -1.99. The van der Waals surface area contributed by atoms with Crippen LogP contribution in [0.25, 0.3) is 0 Å². The molecule has 0 bridgehead atoms. The van der Waals surface area contributed by atoms with Crippen molar-refractivity contribution in [3.63, 3.8) is 0 Å². The molecule has 0 fully saturated rings. The van der Waals surface area contributed by atoms with Crippen LogP contribution in [0.15, 0.2) is 24.3 Å². The van der Waals surface area contributed by atoms with Crippen molar-refractivity contribution in [1.82, 2.24) is 0 Å². The lowest BCUT2D eigenvalue weighted by Crippen LogP contribution is -2.13. The van der Waals surface area contributed by atoms with Gasteiger partial charge in [0.1, 0.15) is 5.75 Å². The monoisotopic (exact) mass is 148 g/mol. The molecule has 2 heteroatoms. The Labute approximate surface area is 64.8 Å². The maximum absolute atomic E-state index is 10.4. The van der Waals surface area contributed by atoms with E-state index in [-0.39, 0.29) is 6.10 Å². The van der Waals surface area contributed by atoms with Crippen LogP contribution >= 0.6 is 0 Å². The summed E-state index contributed by atoms with van der Waals surface area (Å²) >= 11 is 0. The molecule has 11 heavy (non-hydrogen) atoms. The summed E-state index contributed by atoms with van der Waals surface area (Å²) in [5, 5.41) is 0. The summed E-state index contributed by atoms with van der Waals surface area (Å²) in [4.78, 5) is 10.4. The van der Waals surface area contributed by atoms with Gasteiger partial charge in [-0.25, -0.2) is 0 Å². The van der Waals surface area contributed by atoms with Gasteiger partial charge in [0.05, 0.1) is 0 Å². The van der Waals surface area contributed by atoms with E-state index < -0.39 is 0 Å². The minimum atomic E-state index is -0.257. The van der Waals surface area contributed by atoms with Crippen LogP contribution < -0.4 is 4.74 Å². The molecule has 0 saturated carbocycles. The smallest absolute Gasteiger partial charge is 0.160 e. The number of carbonyl (C=O) groups excluding carboxylic acids is 1. The van der Waals surface area contributed by atoms with E-state index in [4.69, 9.17) is 4.74 Å². The number of hydrogen-bond donors (Lipinski definition) is 0. The molecule has 2 rings (SSSR count). The molecule has 0 saturated heterocycles. The number of rotatable bonds is 1. The van der Waals surface area contributed by atoms with Crippen LogP contribution in [-0.4, -0.2) is 12.4 Å². The van der Waals surface area contributed by atoms with Gasteiger partial charge in [0, 0.05) is 6.42 Å². The summed E-state index contributed by atoms with van der Waals surface area (Å²) in [5.41, 5.74) is 1.13. The van der Waals surface area contributed by atoms with Gasteiger partial charge >= 0.3 is 0 Å². The number of benzene rings is 1. The van der Waals surface area contributed by atoms with Crippen molar-refractivity contribution in [1.29, 1.82) is 0 Å². The Morgan fingerprint density at radius 2 is 2.27 bits per heavy atom. The average molecular weight is 148 g/mol. The predicted octanol–water partition coefficient (Wildman–Crippen LogP) is 1.19. The first kappa shape index (κ1) is 6.40. The van der Waals surface area contributed by atoms with Crippen molar-refractivity contribution in [3.8, 4) is 5.75 Å². The largest absolute Gasteiger partial charge is 0.482 e. The Kier molecular flexibility index (Phi) is 1.39. The molecule has 1 aromatic carbocycles. The minimum Gasteiger partial charge on any atom is -0.482 e. The van der Waals surface area contributed by atoms with Crippen LogP contribution in [-0.2, 0) is 11.2 Å². The summed E-state index contributed by atoms with van der Waals surface area (Å²) in [6, 6.07) is 7.74. The molecule has 0 aliphatic carbocycles. The average Bonchev–Trinajstić information content (AvgIpc) is 2.46. The van der Waals surface area contributed by atoms with Crippen LogP contribution in [0.1, 0.15) is 5.56 Å². The van der Waals surface area contributed by atoms with E-state index in [1.807, 2.05) is 24.3 Å². The second-order valence-electron chi connectivity index (χ2n) is 2.60. The van der Waals surface area contributed by atoms with Gasteiger partial charge in [-0.1, -0.05) is 18.2 Å². The predicted molar refractivity (Wildman–Crippen MR) is 40.6 cm³/mol. The van der Waals surface area contributed by atoms with Crippen molar-refractivity contribution < 1.29 is 9.53 Å². The molecule has 1 atom stereocenters. The zero-order valence-electron chi connectivity index (χ0n) is 5.99. The molecule has 0 radical (unpaired) electrons. The highest BCUT2D eigenvalue weighted by Crippen LogP contribution is 2.26. The summed E-state index contributed by atoms with van der Waals surface area (Å²) in [6.45, 7) is 0. The van der Waals surface area contributed by atoms with Gasteiger partial charge in [-0.3, -0.25) is 4.79 Å². The normalized spacial score (nSPS) is 20.5. The van der Waals surface area contributed by atoms with Crippen molar-refractivity contribution in [2.24, 2.45) is 0 Å². The van der Waals surface area contributed by atoms with Crippen LogP contribution in [0.3, 0.4) is 0 Å². The highest BCUT2D eigenvalue weighted by molar-refractivity contribution is 5.60. The molecule has 0 amide bonds. The lowest BCUT2D eigenvalue weighted by atomic mass is 10.1. The van der Waals surface area contributed by atoms with E-state index in [0.29, 0.717) is 0 Å². The maximum atomic E-state index is 10.4. The van der Waals surface area contributed by atoms with Gasteiger partial charge in [0.15, 0.2) is 12.4 Å². The molecule has 1 aromatic rings. The lowest BCUT2D eigenvalue weighted by molar-refractivity contribution is -0.113. The minimum absolute atomic E-state index is 0.257. The van der Waals surface area contributed by atoms with E-state index in [0.717, 1.165) is 24.0 Å². The fraction of sp³-hybridized carbons (Fsp3) is 0.222. The summed E-state index contributed by atoms with van der Waals surface area (Å²) in [6.07, 6.45) is 1.31. The number of carbonyl (C=O) groups is 1. The van der Waals surface area contributed by atoms with E-state index >= 15 is 0 Å². The van der Waals surface area contributed by atoms with Crippen LogP contribution in [0, 0.1) is 0 Å². The van der Waals surface area contributed by atoms with Gasteiger partial charge in [-0.2, -0.15) is 0 Å². The van der Waals surface area contributed by atoms with Crippen molar-refractivity contribution >= 4 is 6.29 Å². The van der Waals surface area contributed by atoms with Gasteiger partial charge in [0.25, 0.3) is 0 Å². The zero-order valence-corrected chi connectivity index (χ0v) is 5.99. The van der Waals surface area contributed by atoms with Crippen LogP contribution in [0.5, 0.6) is 5.75 Å². The number of ether oxygens (including phenoxy) is 1. The Bertz CT molecular complexity index is 256. The summed E-state index contributed by atoms with van der Waals surface area (Å²) < 4.78 is 5.29. The SMILES string of the molecule is O=CC1Cc2ccccc2O1. The second kappa shape index (κ2) is 2.38. The van der Waals surface area contributed by atoms with Crippen LogP contribution in [0.2, 0.25) is 0 Å². The molecule has 1 aliphatic heterocycles. The van der Waals surface area contributed by atoms with Gasteiger partial charge in [-0.15, -0.1) is 0 Å². The third-order valence-corrected chi connectivity index (χ3v) is 1.82. The first-order valence-corrected chi connectivity index (χ1v) is 3.60. The van der Waals surface area contributed by atoms with Crippen molar-refractivity contribution in [2.75, 3.05) is 0 Å². The standard InChI is InChI=1S/C9H8O2/c10-6-8-5-7-3-1-2-4-9(7)11-8/h1-4,6,8H,5H2. The fourth-order valence-corrected chi connectivity index (χ4v) is 1.28. The highest BCUT2D eigenvalue weighted by atomic mass is 16.5. The van der Waals surface area contributed by atoms with E-state index in [9.17, 15) is 4.79 Å². The number of para-hydroxylation sites is 1. The Balaban J connectivity index is 2.33. The third kappa shape index (κ3) is 1.00. The Hall–Kier alpha value is -1.31. The van der Waals surface area contributed by atoms with Gasteiger partial charge < -0.3 is 4.74 Å². The molecule has 1 unspecified atom stereocenters. The van der Waals surface area contributed by atoms with Crippen molar-refractivity contribution in [2.45, 2.75) is 12.5 Å². The van der Waals surface area contributed by atoms with Gasteiger partial charge in [-0.05, 0) is 11.6 Å². The Morgan fingerprint density at radius 1 is 1.45 bits per heavy atom. The third-order valence-electron chi connectivity index (χ3n) is 1.82. The first-order valence-electron chi connectivity index (χ1n) is 3.60. The van der Waals surface area contributed by atoms with Gasteiger partial charge in [0.2, 0.25) is 0 Å². The quantitative estimate of drug-likeness (QED) is 0.559. The molecule has 56 valence electrons. The summed E-state index contributed by atoms with van der Waals surface area (Å²) in [7, 11) is 0. The second-order valence-corrected chi connectivity index (χ2v) is 2.60. The number of hydrogen-bond acceptors (Lipinski definition) is 2. The fourth-order valence-electron chi connectivity index (χ4n) is 1.28. The summed E-state index contributed by atoms with van der Waals surface area (Å²) in [5.74, 6) is 0.851. The Morgan fingerprint density at radius 3 is 3.00 bits per heavy atom. The van der Waals surface area contributed by atoms with E-state index in [1.165, 1.54) is 0 Å². The molecule has 1 aliphatic rings. The molecule has 2 nitrogen and oxygen atoms in total. The molecule has 0 spiro atoms. The maximum Gasteiger partial charge on any atom is 0.160 e. The first-order chi connectivity index (χ1) is 5.40. The van der Waals surface area contributed by atoms with Crippen molar-refractivity contribution in [3.05, 3.63) is 29.8 Å². The van der Waals surface area contributed by atoms with E-state index in [1.54, 1.807) is 0 Å². The highest BCUT2D eigenvalue weighted by Gasteiger charge is 2.20. The number of fused-ring (bicyclic) bond motifs is 1. The molecular weight excluding hydrogens is 140 g/mol. The molecular formula is C9H8O2. The molecule has 1 heterocycles. The molecule has 0 N–H and O–H groups in total. The topological polar surface area (TPSA) is 26.3 Å². The number of aldehydes is 1.